The average Bonchev–Trinajstić information content (AvgIpc) is 2.37. The third kappa shape index (κ3) is 2.70. The molecule has 2 heterocycles. The number of carbonyl (C=O) groups is 1. The third-order valence-electron chi connectivity index (χ3n) is 3.27. The van der Waals surface area contributed by atoms with Crippen LogP contribution in [-0.2, 0) is 4.74 Å². The van der Waals surface area contributed by atoms with E-state index in [0.29, 0.717) is 23.7 Å². The molecule has 2 rings (SSSR count). The fraction of sp³-hybridized carbons (Fsp3) is 0.571. The third-order valence-corrected chi connectivity index (χ3v) is 3.27. The Morgan fingerprint density at radius 3 is 2.80 bits per heavy atom. The fourth-order valence-electron chi connectivity index (χ4n) is 2.40. The zero-order valence-corrected chi connectivity index (χ0v) is 12.3. The lowest BCUT2D eigenvalue weighted by atomic mass is 9.97. The van der Waals surface area contributed by atoms with E-state index in [4.69, 9.17) is 15.2 Å². The van der Waals surface area contributed by atoms with Crippen LogP contribution in [0, 0.1) is 0 Å². The maximum atomic E-state index is 12.2. The zero-order valence-electron chi connectivity index (χ0n) is 12.3. The normalized spacial score (nSPS) is 21.6. The number of amides is 1. The van der Waals surface area contributed by atoms with Crippen LogP contribution >= 0.6 is 0 Å². The van der Waals surface area contributed by atoms with Gasteiger partial charge in [-0.2, -0.15) is 0 Å². The molecule has 1 aliphatic rings. The molecule has 20 heavy (non-hydrogen) atoms. The maximum absolute atomic E-state index is 12.2. The number of methoxy groups -OCH3 is 1. The van der Waals surface area contributed by atoms with Gasteiger partial charge < -0.3 is 15.2 Å². The Morgan fingerprint density at radius 2 is 2.20 bits per heavy atom. The van der Waals surface area contributed by atoms with Crippen molar-refractivity contribution in [3.63, 3.8) is 0 Å². The molecule has 6 heteroatoms. The number of anilines is 1. The minimum atomic E-state index is -0.368. The molecule has 0 fully saturated rings. The molecular weight excluding hydrogens is 258 g/mol. The van der Waals surface area contributed by atoms with Crippen molar-refractivity contribution in [2.75, 3.05) is 12.0 Å². The summed E-state index contributed by atoms with van der Waals surface area (Å²) in [4.78, 5) is 18.2. The van der Waals surface area contributed by atoms with Crippen molar-refractivity contribution in [1.29, 1.82) is 0 Å². The number of nitrogens with two attached hydrogens (primary N) is 1. The highest BCUT2D eigenvalue weighted by Crippen LogP contribution is 2.36. The predicted octanol–water partition coefficient (Wildman–Crippen LogP) is 2.23. The highest BCUT2D eigenvalue weighted by Gasteiger charge is 2.34. The lowest BCUT2D eigenvalue weighted by Crippen LogP contribution is -2.45. The van der Waals surface area contributed by atoms with Gasteiger partial charge in [0, 0.05) is 12.1 Å². The first-order valence-electron chi connectivity index (χ1n) is 6.74. The monoisotopic (exact) mass is 279 g/mol. The van der Waals surface area contributed by atoms with Crippen molar-refractivity contribution < 1.29 is 14.3 Å². The highest BCUT2D eigenvalue weighted by atomic mass is 16.6. The van der Waals surface area contributed by atoms with E-state index in [0.717, 1.165) is 0 Å². The van der Waals surface area contributed by atoms with Gasteiger partial charge in [-0.3, -0.25) is 4.90 Å². The van der Waals surface area contributed by atoms with E-state index in [1.165, 1.54) is 0 Å². The summed E-state index contributed by atoms with van der Waals surface area (Å²) in [7, 11) is 1.55. The number of pyridine rings is 1. The number of aromatic nitrogens is 1. The van der Waals surface area contributed by atoms with Crippen LogP contribution in [0.15, 0.2) is 12.1 Å². The van der Waals surface area contributed by atoms with Gasteiger partial charge in [-0.15, -0.1) is 0 Å². The number of fused-ring (bicyclic) bond motifs is 1. The molecule has 0 saturated heterocycles. The van der Waals surface area contributed by atoms with Gasteiger partial charge in [0.2, 0.25) is 5.88 Å². The van der Waals surface area contributed by atoms with Crippen molar-refractivity contribution in [2.45, 2.75) is 45.4 Å². The second kappa shape index (κ2) is 5.66. The van der Waals surface area contributed by atoms with Gasteiger partial charge >= 0.3 is 6.09 Å². The Hall–Kier alpha value is -1.82. The fourth-order valence-corrected chi connectivity index (χ4v) is 2.40. The Bertz CT molecular complexity index is 504. The van der Waals surface area contributed by atoms with Crippen LogP contribution in [-0.4, -0.2) is 30.3 Å². The Balaban J connectivity index is 2.40. The smallest absolute Gasteiger partial charge is 0.414 e. The van der Waals surface area contributed by atoms with Gasteiger partial charge in [0.15, 0.2) is 0 Å². The van der Waals surface area contributed by atoms with Gasteiger partial charge in [-0.25, -0.2) is 9.78 Å². The molecule has 0 radical (unpaired) electrons. The summed E-state index contributed by atoms with van der Waals surface area (Å²) in [6.07, 6.45) is 0.105. The predicted molar refractivity (Wildman–Crippen MR) is 75.9 cm³/mol. The topological polar surface area (TPSA) is 77.7 Å². The summed E-state index contributed by atoms with van der Waals surface area (Å²) in [6.45, 7) is 5.60. The van der Waals surface area contributed by atoms with Gasteiger partial charge in [0.05, 0.1) is 30.6 Å². The second-order valence-corrected chi connectivity index (χ2v) is 5.25. The van der Waals surface area contributed by atoms with Crippen molar-refractivity contribution >= 4 is 11.8 Å². The van der Waals surface area contributed by atoms with E-state index in [1.54, 1.807) is 24.1 Å². The summed E-state index contributed by atoms with van der Waals surface area (Å²) in [6, 6.07) is 3.29. The maximum Gasteiger partial charge on any atom is 0.414 e. The summed E-state index contributed by atoms with van der Waals surface area (Å²) in [5.74, 6) is 0.492. The molecule has 1 aromatic rings. The SMILES string of the molecule is COc1ccc2c(n1)[C@@H](N)C[C@@H](C)N2C(=O)OC(C)C. The number of ether oxygens (including phenoxy) is 2. The first-order valence-corrected chi connectivity index (χ1v) is 6.74. The first kappa shape index (κ1) is 14.6. The summed E-state index contributed by atoms with van der Waals surface area (Å²) >= 11 is 0. The van der Waals surface area contributed by atoms with Crippen molar-refractivity contribution in [3.8, 4) is 5.88 Å². The Morgan fingerprint density at radius 1 is 1.50 bits per heavy atom. The van der Waals surface area contributed by atoms with E-state index < -0.39 is 0 Å². The van der Waals surface area contributed by atoms with Gasteiger partial charge in [-0.1, -0.05) is 0 Å². The van der Waals surface area contributed by atoms with Gasteiger partial charge in [0.25, 0.3) is 0 Å². The van der Waals surface area contributed by atoms with Gasteiger partial charge in [-0.05, 0) is 33.3 Å². The lowest BCUT2D eigenvalue weighted by molar-refractivity contribution is 0.119. The molecule has 0 saturated carbocycles. The summed E-state index contributed by atoms with van der Waals surface area (Å²) < 4.78 is 10.4. The summed E-state index contributed by atoms with van der Waals surface area (Å²) in [5, 5.41) is 0. The number of hydrogen-bond donors (Lipinski definition) is 1. The molecule has 6 nitrogen and oxygen atoms in total. The Kier molecular flexibility index (Phi) is 4.13. The van der Waals surface area contributed by atoms with Crippen LogP contribution in [0.3, 0.4) is 0 Å². The molecule has 2 N–H and O–H groups in total. The molecule has 0 aliphatic carbocycles. The molecule has 1 amide bonds. The highest BCUT2D eigenvalue weighted by molar-refractivity contribution is 5.90. The standard InChI is InChI=1S/C14H21N3O3/c1-8(2)20-14(18)17-9(3)7-10(15)13-11(17)5-6-12(16-13)19-4/h5-6,8-10H,7,15H2,1-4H3/t9-,10+/m1/s1. The second-order valence-electron chi connectivity index (χ2n) is 5.25. The quantitative estimate of drug-likeness (QED) is 0.898. The number of rotatable bonds is 2. The minimum Gasteiger partial charge on any atom is -0.481 e. The molecule has 0 unspecified atom stereocenters. The lowest BCUT2D eigenvalue weighted by Gasteiger charge is -2.36. The van der Waals surface area contributed by atoms with E-state index in [1.807, 2.05) is 20.8 Å². The summed E-state index contributed by atoms with van der Waals surface area (Å²) in [5.41, 5.74) is 7.49. The molecule has 110 valence electrons. The number of nitrogens with zero attached hydrogens (tertiary/aromatic N) is 2. The van der Waals surface area contributed by atoms with Crippen molar-refractivity contribution in [3.05, 3.63) is 17.8 Å². The zero-order chi connectivity index (χ0) is 14.9. The van der Waals surface area contributed by atoms with Crippen molar-refractivity contribution in [2.24, 2.45) is 5.73 Å². The van der Waals surface area contributed by atoms with E-state index in [9.17, 15) is 4.79 Å². The minimum absolute atomic E-state index is 0.0288. The van der Waals surface area contributed by atoms with Crippen LogP contribution in [0.5, 0.6) is 5.88 Å². The van der Waals surface area contributed by atoms with Crippen LogP contribution < -0.4 is 15.4 Å². The van der Waals surface area contributed by atoms with E-state index in [-0.39, 0.29) is 24.3 Å². The van der Waals surface area contributed by atoms with Crippen LogP contribution in [0.4, 0.5) is 10.5 Å². The molecule has 0 spiro atoms. The Labute approximate surface area is 118 Å². The van der Waals surface area contributed by atoms with Gasteiger partial charge in [0.1, 0.15) is 0 Å². The largest absolute Gasteiger partial charge is 0.481 e. The molecule has 1 aliphatic heterocycles. The first-order chi connectivity index (χ1) is 9.43. The average molecular weight is 279 g/mol. The number of hydrogen-bond acceptors (Lipinski definition) is 5. The van der Waals surface area contributed by atoms with E-state index >= 15 is 0 Å². The van der Waals surface area contributed by atoms with Crippen LogP contribution in [0.1, 0.15) is 38.9 Å². The molecule has 1 aromatic heterocycles. The van der Waals surface area contributed by atoms with Crippen LogP contribution in [0.2, 0.25) is 0 Å². The molecular formula is C14H21N3O3. The number of carbonyl (C=O) groups excluding carboxylic acids is 1. The van der Waals surface area contributed by atoms with Crippen LogP contribution in [0.25, 0.3) is 0 Å². The van der Waals surface area contributed by atoms with Crippen molar-refractivity contribution in [1.82, 2.24) is 4.98 Å². The molecule has 2 atom stereocenters. The molecule has 0 aromatic carbocycles. The van der Waals surface area contributed by atoms with E-state index in [2.05, 4.69) is 4.98 Å². The molecule has 0 bridgehead atoms.